The summed E-state index contributed by atoms with van der Waals surface area (Å²) < 4.78 is 1.77. The second-order valence-corrected chi connectivity index (χ2v) is 10.3. The number of rotatable bonds is 5. The maximum absolute atomic E-state index is 13.6. The van der Waals surface area contributed by atoms with Crippen LogP contribution >= 0.6 is 0 Å². The molecule has 1 N–H and O–H groups in total. The number of carbonyl (C=O) groups is 1. The van der Waals surface area contributed by atoms with Gasteiger partial charge in [0, 0.05) is 60.6 Å². The number of benzene rings is 2. The van der Waals surface area contributed by atoms with Gasteiger partial charge in [0.05, 0.1) is 23.4 Å². The Morgan fingerprint density at radius 3 is 2.64 bits per heavy atom. The standard InChI is InChI=1S/C29H32N6O/c1-18-9-10-21(35-17-22-11-23(35)16-33(22)3)12-25(18)29(36)31-19(2)26-13-28(20-14-30-34(4)15-20)32-27-8-6-5-7-24(26)27/h5-10,12-15,19,22-23H,11,16-17H2,1-4H3,(H,31,36)/t19-,22-,23-/m1/s1. The quantitative estimate of drug-likeness (QED) is 0.461. The Balaban J connectivity index is 1.29. The Bertz CT molecular complexity index is 1460. The number of para-hydroxylation sites is 1. The summed E-state index contributed by atoms with van der Waals surface area (Å²) >= 11 is 0. The molecule has 2 bridgehead atoms. The molecule has 3 atom stereocenters. The molecule has 2 aromatic carbocycles. The van der Waals surface area contributed by atoms with Gasteiger partial charge in [-0.25, -0.2) is 4.98 Å². The second kappa shape index (κ2) is 8.75. The van der Waals surface area contributed by atoms with E-state index in [9.17, 15) is 4.79 Å². The smallest absolute Gasteiger partial charge is 0.252 e. The molecule has 184 valence electrons. The molecule has 2 fully saturated rings. The maximum Gasteiger partial charge on any atom is 0.252 e. The van der Waals surface area contributed by atoms with E-state index in [1.807, 2.05) is 51.5 Å². The summed E-state index contributed by atoms with van der Waals surface area (Å²) in [6, 6.07) is 17.4. The number of piperazine rings is 1. The molecule has 7 heteroatoms. The Labute approximate surface area is 211 Å². The van der Waals surface area contributed by atoms with Crippen LogP contribution in [0.25, 0.3) is 22.2 Å². The zero-order valence-electron chi connectivity index (χ0n) is 21.3. The van der Waals surface area contributed by atoms with Gasteiger partial charge in [-0.05, 0) is 62.7 Å². The van der Waals surface area contributed by atoms with Gasteiger partial charge in [0.15, 0.2) is 0 Å². The molecule has 7 nitrogen and oxygen atoms in total. The van der Waals surface area contributed by atoms with E-state index in [1.54, 1.807) is 4.68 Å². The molecular formula is C29H32N6O. The van der Waals surface area contributed by atoms with E-state index < -0.39 is 0 Å². The van der Waals surface area contributed by atoms with Gasteiger partial charge in [-0.1, -0.05) is 24.3 Å². The van der Waals surface area contributed by atoms with E-state index in [0.717, 1.165) is 57.6 Å². The monoisotopic (exact) mass is 480 g/mol. The minimum absolute atomic E-state index is 0.0489. The van der Waals surface area contributed by atoms with Gasteiger partial charge >= 0.3 is 0 Å². The molecule has 36 heavy (non-hydrogen) atoms. The van der Waals surface area contributed by atoms with Gasteiger partial charge in [-0.3, -0.25) is 14.4 Å². The number of carbonyl (C=O) groups excluding carboxylic acids is 1. The minimum Gasteiger partial charge on any atom is -0.366 e. The van der Waals surface area contributed by atoms with E-state index in [4.69, 9.17) is 4.98 Å². The van der Waals surface area contributed by atoms with Crippen molar-refractivity contribution in [1.82, 2.24) is 25.0 Å². The normalized spacial score (nSPS) is 20.3. The number of aromatic nitrogens is 3. The first kappa shape index (κ1) is 22.7. The SMILES string of the molecule is Cc1ccc(N2C[C@H]3C[C@@H]2CN3C)cc1C(=O)N[C@H](C)c1cc(-c2cnn(C)c2)nc2ccccc12. The van der Waals surface area contributed by atoms with Crippen molar-refractivity contribution in [3.8, 4) is 11.3 Å². The van der Waals surface area contributed by atoms with Crippen LogP contribution in [0.15, 0.2) is 60.9 Å². The lowest BCUT2D eigenvalue weighted by molar-refractivity contribution is 0.0939. The fourth-order valence-electron chi connectivity index (χ4n) is 5.83. The number of likely N-dealkylation sites (N-methyl/N-ethyl adjacent to an activating group) is 1. The molecule has 4 aromatic rings. The summed E-state index contributed by atoms with van der Waals surface area (Å²) in [7, 11) is 4.11. The van der Waals surface area contributed by atoms with Gasteiger partial charge in [0.1, 0.15) is 0 Å². The van der Waals surface area contributed by atoms with Crippen LogP contribution < -0.4 is 10.2 Å². The van der Waals surface area contributed by atoms with Gasteiger partial charge in [0.2, 0.25) is 0 Å². The van der Waals surface area contributed by atoms with Crippen LogP contribution in [0, 0.1) is 6.92 Å². The summed E-state index contributed by atoms with van der Waals surface area (Å²) in [5.74, 6) is -0.0489. The molecule has 1 amide bonds. The first-order valence-corrected chi connectivity index (χ1v) is 12.6. The number of pyridine rings is 1. The number of hydrogen-bond acceptors (Lipinski definition) is 5. The molecule has 0 spiro atoms. The number of fused-ring (bicyclic) bond motifs is 3. The molecule has 6 rings (SSSR count). The van der Waals surface area contributed by atoms with Crippen molar-refractivity contribution in [2.75, 3.05) is 25.0 Å². The first-order chi connectivity index (χ1) is 17.4. The summed E-state index contributed by atoms with van der Waals surface area (Å²) in [5, 5.41) is 8.62. The van der Waals surface area contributed by atoms with Crippen LogP contribution in [0.2, 0.25) is 0 Å². The number of nitrogens with zero attached hydrogens (tertiary/aromatic N) is 5. The van der Waals surface area contributed by atoms with Gasteiger partial charge in [-0.2, -0.15) is 5.10 Å². The van der Waals surface area contributed by atoms with Crippen molar-refractivity contribution in [1.29, 1.82) is 0 Å². The molecule has 0 aliphatic carbocycles. The summed E-state index contributed by atoms with van der Waals surface area (Å²) in [5.41, 5.74) is 6.63. The van der Waals surface area contributed by atoms with Crippen LogP contribution in [0.1, 0.15) is 40.9 Å². The Morgan fingerprint density at radius 2 is 1.92 bits per heavy atom. The van der Waals surface area contributed by atoms with Crippen molar-refractivity contribution < 1.29 is 4.79 Å². The Morgan fingerprint density at radius 1 is 1.08 bits per heavy atom. The lowest BCUT2D eigenvalue weighted by atomic mass is 9.99. The number of aryl methyl sites for hydroxylation is 2. The molecule has 0 saturated carbocycles. The molecule has 0 radical (unpaired) electrons. The minimum atomic E-state index is -0.194. The molecule has 4 heterocycles. The number of anilines is 1. The van der Waals surface area contributed by atoms with Crippen molar-refractivity contribution in [2.24, 2.45) is 7.05 Å². The van der Waals surface area contributed by atoms with Crippen molar-refractivity contribution in [3.05, 3.63) is 77.6 Å². The third kappa shape index (κ3) is 3.93. The average molecular weight is 481 g/mol. The van der Waals surface area contributed by atoms with Gasteiger partial charge in [-0.15, -0.1) is 0 Å². The topological polar surface area (TPSA) is 66.3 Å². The molecule has 2 aliphatic rings. The predicted octanol–water partition coefficient (Wildman–Crippen LogP) is 4.33. The van der Waals surface area contributed by atoms with Gasteiger partial charge in [0.25, 0.3) is 5.91 Å². The van der Waals surface area contributed by atoms with E-state index in [1.165, 1.54) is 6.42 Å². The highest BCUT2D eigenvalue weighted by molar-refractivity contribution is 5.97. The highest BCUT2D eigenvalue weighted by Crippen LogP contribution is 2.35. The predicted molar refractivity (Wildman–Crippen MR) is 143 cm³/mol. The lowest BCUT2D eigenvalue weighted by Gasteiger charge is -2.34. The first-order valence-electron chi connectivity index (χ1n) is 12.6. The zero-order valence-corrected chi connectivity index (χ0v) is 21.3. The molecule has 2 saturated heterocycles. The largest absolute Gasteiger partial charge is 0.366 e. The maximum atomic E-state index is 13.6. The highest BCUT2D eigenvalue weighted by Gasteiger charge is 2.41. The summed E-state index contributed by atoms with van der Waals surface area (Å²) in [6.45, 7) is 6.17. The van der Waals surface area contributed by atoms with Gasteiger partial charge < -0.3 is 10.2 Å². The average Bonchev–Trinajstić information content (AvgIpc) is 3.59. The molecule has 2 aliphatic heterocycles. The van der Waals surface area contributed by atoms with E-state index >= 15 is 0 Å². The van der Waals surface area contributed by atoms with E-state index in [2.05, 4.69) is 57.6 Å². The summed E-state index contributed by atoms with van der Waals surface area (Å²) in [6.07, 6.45) is 4.99. The van der Waals surface area contributed by atoms with E-state index in [-0.39, 0.29) is 11.9 Å². The second-order valence-electron chi connectivity index (χ2n) is 10.3. The third-order valence-corrected chi connectivity index (χ3v) is 7.87. The van der Waals surface area contributed by atoms with Crippen LogP contribution in [0.5, 0.6) is 0 Å². The van der Waals surface area contributed by atoms with Crippen LogP contribution in [-0.4, -0.2) is 57.8 Å². The number of hydrogen-bond donors (Lipinski definition) is 1. The molecule has 2 aromatic heterocycles. The number of nitrogens with one attached hydrogen (secondary N) is 1. The fourth-order valence-corrected chi connectivity index (χ4v) is 5.83. The van der Waals surface area contributed by atoms with Crippen molar-refractivity contribution >= 4 is 22.5 Å². The molecule has 0 unspecified atom stereocenters. The lowest BCUT2D eigenvalue weighted by Crippen LogP contribution is -2.44. The van der Waals surface area contributed by atoms with E-state index in [0.29, 0.717) is 12.1 Å². The Kier molecular flexibility index (Phi) is 5.52. The fraction of sp³-hybridized carbons (Fsp3) is 0.345. The summed E-state index contributed by atoms with van der Waals surface area (Å²) in [4.78, 5) is 23.3. The van der Waals surface area contributed by atoms with Crippen LogP contribution in [0.4, 0.5) is 5.69 Å². The van der Waals surface area contributed by atoms with Crippen LogP contribution in [0.3, 0.4) is 0 Å². The van der Waals surface area contributed by atoms with Crippen molar-refractivity contribution in [2.45, 2.75) is 38.4 Å². The Hall–Kier alpha value is -3.71. The zero-order chi connectivity index (χ0) is 25.0. The number of likely N-dealkylation sites (tertiary alicyclic amines) is 1. The molecular weight excluding hydrogens is 448 g/mol. The van der Waals surface area contributed by atoms with Crippen molar-refractivity contribution in [3.63, 3.8) is 0 Å². The highest BCUT2D eigenvalue weighted by atomic mass is 16.1. The number of amides is 1. The third-order valence-electron chi connectivity index (χ3n) is 7.87. The van der Waals surface area contributed by atoms with Crippen LogP contribution in [-0.2, 0) is 7.05 Å².